The maximum Gasteiger partial charge on any atom is 0.416 e. The molecular weight excluding hydrogens is 590 g/mol. The number of benzene rings is 2. The Bertz CT molecular complexity index is 1880. The number of amides is 1. The number of aromatic nitrogens is 3. The number of alkyl halides is 3. The molecule has 0 aliphatic heterocycles. The van der Waals surface area contributed by atoms with Crippen molar-refractivity contribution in [1.29, 1.82) is 5.26 Å². The molecule has 224 valence electrons. The third-order valence-corrected chi connectivity index (χ3v) is 8.49. The van der Waals surface area contributed by atoms with E-state index >= 15 is 0 Å². The molecule has 0 N–H and O–H groups in total. The number of carbonyl (C=O) groups is 1. The van der Waals surface area contributed by atoms with Crippen LogP contribution in [-0.4, -0.2) is 51.8 Å². The first kappa shape index (κ1) is 31.3. The van der Waals surface area contributed by atoms with E-state index in [2.05, 4.69) is 9.97 Å². The number of nitriles is 1. The molecule has 0 fully saturated rings. The average molecular weight is 616 g/mol. The highest BCUT2D eigenvalue weighted by Crippen LogP contribution is 2.31. The first-order valence-electron chi connectivity index (χ1n) is 13.0. The lowest BCUT2D eigenvalue weighted by Gasteiger charge is -2.30. The summed E-state index contributed by atoms with van der Waals surface area (Å²) < 4.78 is 80.0. The summed E-state index contributed by atoms with van der Waals surface area (Å²) in [5.41, 5.74) is -1.45. The Morgan fingerprint density at radius 2 is 1.84 bits per heavy atom. The SMILES string of the molecule is CCS(=O)(=O)CCN(C(=O)Cc1cc(F)cc(C(F)(F)F)c1)[C@H](C)c1nc2ncccc2c(=O)n1-c1ccc(C#N)cc1. The fourth-order valence-corrected chi connectivity index (χ4v) is 5.26. The highest BCUT2D eigenvalue weighted by Gasteiger charge is 2.33. The first-order valence-corrected chi connectivity index (χ1v) is 14.8. The van der Waals surface area contributed by atoms with Gasteiger partial charge in [-0.05, 0) is 67.1 Å². The van der Waals surface area contributed by atoms with Crippen molar-refractivity contribution in [3.8, 4) is 11.8 Å². The predicted molar refractivity (Wildman–Crippen MR) is 149 cm³/mol. The van der Waals surface area contributed by atoms with Crippen molar-refractivity contribution in [3.05, 3.63) is 99.5 Å². The maximum atomic E-state index is 14.1. The fourth-order valence-electron chi connectivity index (χ4n) is 4.50. The number of fused-ring (bicyclic) bond motifs is 1. The van der Waals surface area contributed by atoms with E-state index in [1.807, 2.05) is 6.07 Å². The molecular formula is C29H25F4N5O4S. The molecule has 0 aliphatic rings. The van der Waals surface area contributed by atoms with Crippen LogP contribution in [0, 0.1) is 17.1 Å². The van der Waals surface area contributed by atoms with Gasteiger partial charge in [0.1, 0.15) is 11.6 Å². The zero-order chi connectivity index (χ0) is 31.5. The van der Waals surface area contributed by atoms with Crippen molar-refractivity contribution in [2.24, 2.45) is 0 Å². The van der Waals surface area contributed by atoms with E-state index in [4.69, 9.17) is 0 Å². The smallest absolute Gasteiger partial charge is 0.331 e. The highest BCUT2D eigenvalue weighted by molar-refractivity contribution is 7.91. The molecule has 0 bridgehead atoms. The van der Waals surface area contributed by atoms with Gasteiger partial charge in [-0.1, -0.05) is 6.92 Å². The molecule has 43 heavy (non-hydrogen) atoms. The molecule has 4 rings (SSSR count). The second-order valence-electron chi connectivity index (χ2n) is 9.67. The minimum Gasteiger partial charge on any atom is -0.331 e. The lowest BCUT2D eigenvalue weighted by Crippen LogP contribution is -2.41. The molecule has 2 aromatic heterocycles. The standard InChI is InChI=1S/C29H25F4N5O4S/c1-3-43(41,42)12-11-37(25(39)15-20-13-21(29(31,32)33)16-22(30)14-20)18(2)27-36-26-24(5-4-10-35-26)28(40)38(27)23-8-6-19(17-34)7-9-23/h4-10,13-14,16,18H,3,11-12,15H2,1-2H3/t18-/m1/s1. The van der Waals surface area contributed by atoms with E-state index in [1.54, 1.807) is 0 Å². The van der Waals surface area contributed by atoms with E-state index in [-0.39, 0.29) is 40.4 Å². The molecule has 2 heterocycles. The third kappa shape index (κ3) is 7.06. The quantitative estimate of drug-likeness (QED) is 0.256. The monoisotopic (exact) mass is 615 g/mol. The Labute approximate surface area is 244 Å². The molecule has 0 saturated carbocycles. The van der Waals surface area contributed by atoms with Gasteiger partial charge in [-0.15, -0.1) is 0 Å². The summed E-state index contributed by atoms with van der Waals surface area (Å²) in [6, 6.07) is 11.6. The Hall–Kier alpha value is -4.64. The van der Waals surface area contributed by atoms with Gasteiger partial charge in [0.15, 0.2) is 15.5 Å². The van der Waals surface area contributed by atoms with E-state index in [9.17, 15) is 40.8 Å². The van der Waals surface area contributed by atoms with E-state index < -0.39 is 57.1 Å². The average Bonchev–Trinajstić information content (AvgIpc) is 2.96. The number of sulfone groups is 1. The van der Waals surface area contributed by atoms with E-state index in [1.165, 1.54) is 61.0 Å². The van der Waals surface area contributed by atoms with Gasteiger partial charge < -0.3 is 4.90 Å². The summed E-state index contributed by atoms with van der Waals surface area (Å²) >= 11 is 0. The van der Waals surface area contributed by atoms with E-state index in [0.717, 1.165) is 11.0 Å². The summed E-state index contributed by atoms with van der Waals surface area (Å²) in [6.45, 7) is 2.52. The van der Waals surface area contributed by atoms with Crippen LogP contribution in [0.5, 0.6) is 0 Å². The second-order valence-corrected chi connectivity index (χ2v) is 12.1. The van der Waals surface area contributed by atoms with Gasteiger partial charge in [-0.3, -0.25) is 14.2 Å². The number of nitrogens with zero attached hydrogens (tertiary/aromatic N) is 5. The van der Waals surface area contributed by atoms with Crippen LogP contribution in [0.2, 0.25) is 0 Å². The molecule has 9 nitrogen and oxygen atoms in total. The Balaban J connectivity index is 1.85. The summed E-state index contributed by atoms with van der Waals surface area (Å²) in [5, 5.41) is 9.35. The summed E-state index contributed by atoms with van der Waals surface area (Å²) in [6.07, 6.45) is -4.14. The van der Waals surface area contributed by atoms with Crippen LogP contribution in [0.3, 0.4) is 0 Å². The van der Waals surface area contributed by atoms with Gasteiger partial charge in [0.25, 0.3) is 5.56 Å². The number of pyridine rings is 1. The van der Waals surface area contributed by atoms with Crippen molar-refractivity contribution >= 4 is 26.8 Å². The number of hydrogen-bond donors (Lipinski definition) is 0. The zero-order valence-corrected chi connectivity index (χ0v) is 23.8. The zero-order valence-electron chi connectivity index (χ0n) is 23.0. The van der Waals surface area contributed by atoms with Crippen LogP contribution in [0.1, 0.15) is 42.4 Å². The van der Waals surface area contributed by atoms with Gasteiger partial charge in [-0.25, -0.2) is 22.8 Å². The molecule has 0 radical (unpaired) electrons. The third-order valence-electron chi connectivity index (χ3n) is 6.81. The van der Waals surface area contributed by atoms with Crippen LogP contribution in [-0.2, 0) is 27.2 Å². The molecule has 0 spiro atoms. The molecule has 4 aromatic rings. The predicted octanol–water partition coefficient (Wildman–Crippen LogP) is 4.38. The number of hydrogen-bond acceptors (Lipinski definition) is 7. The van der Waals surface area contributed by atoms with Crippen molar-refractivity contribution in [1.82, 2.24) is 19.4 Å². The van der Waals surface area contributed by atoms with Crippen molar-refractivity contribution in [3.63, 3.8) is 0 Å². The molecule has 1 amide bonds. The van der Waals surface area contributed by atoms with E-state index in [0.29, 0.717) is 17.7 Å². The van der Waals surface area contributed by atoms with Crippen LogP contribution < -0.4 is 5.56 Å². The van der Waals surface area contributed by atoms with Gasteiger partial charge in [-0.2, -0.15) is 18.4 Å². The summed E-state index contributed by atoms with van der Waals surface area (Å²) in [7, 11) is -3.62. The Morgan fingerprint density at radius 3 is 2.47 bits per heavy atom. The lowest BCUT2D eigenvalue weighted by molar-refractivity contribution is -0.138. The molecule has 2 aromatic carbocycles. The number of carbonyl (C=O) groups excluding carboxylic acids is 1. The van der Waals surface area contributed by atoms with Gasteiger partial charge in [0.05, 0.1) is 46.5 Å². The lowest BCUT2D eigenvalue weighted by atomic mass is 10.1. The van der Waals surface area contributed by atoms with Crippen molar-refractivity contribution < 1.29 is 30.8 Å². The molecule has 0 unspecified atom stereocenters. The molecule has 0 saturated heterocycles. The topological polar surface area (TPSA) is 126 Å². The number of halogens is 4. The van der Waals surface area contributed by atoms with Gasteiger partial charge in [0.2, 0.25) is 5.91 Å². The first-order chi connectivity index (χ1) is 20.2. The maximum absolute atomic E-state index is 14.1. The minimum absolute atomic E-state index is 0.0154. The normalized spacial score (nSPS) is 12.6. The van der Waals surface area contributed by atoms with Crippen LogP contribution in [0.15, 0.2) is 65.6 Å². The molecule has 0 aliphatic carbocycles. The Kier molecular flexibility index (Phi) is 8.96. The minimum atomic E-state index is -4.86. The van der Waals surface area contributed by atoms with Gasteiger partial charge in [0, 0.05) is 18.5 Å². The summed E-state index contributed by atoms with van der Waals surface area (Å²) in [5.74, 6) is -2.74. The fraction of sp³-hybridized carbons (Fsp3) is 0.276. The summed E-state index contributed by atoms with van der Waals surface area (Å²) in [4.78, 5) is 37.1. The number of rotatable bonds is 9. The molecule has 14 heteroatoms. The van der Waals surface area contributed by atoms with Crippen LogP contribution >= 0.6 is 0 Å². The van der Waals surface area contributed by atoms with Crippen molar-refractivity contribution in [2.75, 3.05) is 18.1 Å². The van der Waals surface area contributed by atoms with Crippen LogP contribution in [0.4, 0.5) is 17.6 Å². The van der Waals surface area contributed by atoms with Crippen LogP contribution in [0.25, 0.3) is 16.7 Å². The second kappa shape index (κ2) is 12.3. The van der Waals surface area contributed by atoms with Crippen molar-refractivity contribution in [2.45, 2.75) is 32.5 Å². The molecule has 1 atom stereocenters. The largest absolute Gasteiger partial charge is 0.416 e. The highest BCUT2D eigenvalue weighted by atomic mass is 32.2. The van der Waals surface area contributed by atoms with Gasteiger partial charge >= 0.3 is 6.18 Å². The Morgan fingerprint density at radius 1 is 1.14 bits per heavy atom.